The molecule has 1 atom stereocenters. The number of hydrogen-bond acceptors (Lipinski definition) is 2. The monoisotopic (exact) mass is 366 g/mol. The van der Waals surface area contributed by atoms with Crippen LogP contribution in [-0.2, 0) is 10.2 Å². The summed E-state index contributed by atoms with van der Waals surface area (Å²) in [4.78, 5) is 14.7. The summed E-state index contributed by atoms with van der Waals surface area (Å²) >= 11 is 0. The fourth-order valence-corrected chi connectivity index (χ4v) is 3.53. The zero-order valence-corrected chi connectivity index (χ0v) is 16.9. The van der Waals surface area contributed by atoms with E-state index in [1.54, 1.807) is 0 Å². The van der Waals surface area contributed by atoms with Crippen LogP contribution in [0.1, 0.15) is 82.9 Å². The maximum atomic E-state index is 12.6. The van der Waals surface area contributed by atoms with Gasteiger partial charge in [-0.05, 0) is 48.8 Å². The van der Waals surface area contributed by atoms with Crippen molar-refractivity contribution in [3.8, 4) is 0 Å². The number of hydrogen-bond donors (Lipinski definition) is 1. The second kappa shape index (κ2) is 10.2. The van der Waals surface area contributed by atoms with Crippen molar-refractivity contribution < 1.29 is 4.79 Å². The molecule has 3 nitrogen and oxygen atoms in total. The molecule has 1 saturated heterocycles. The van der Waals surface area contributed by atoms with Crippen LogP contribution >= 0.6 is 12.4 Å². The molecule has 142 valence electrons. The average molecular weight is 367 g/mol. The van der Waals surface area contributed by atoms with E-state index < -0.39 is 0 Å². The van der Waals surface area contributed by atoms with Gasteiger partial charge in [-0.1, -0.05) is 57.9 Å². The van der Waals surface area contributed by atoms with E-state index in [-0.39, 0.29) is 23.9 Å². The van der Waals surface area contributed by atoms with Gasteiger partial charge >= 0.3 is 0 Å². The van der Waals surface area contributed by atoms with Gasteiger partial charge in [-0.3, -0.25) is 4.79 Å². The van der Waals surface area contributed by atoms with E-state index >= 15 is 0 Å². The standard InChI is InChI=1S/C21H34N2O.ClH/c1-21(2,3)18-13-11-17(12-14-18)19-9-8-16-23(19)20(24)10-6-4-5-7-15-22;/h11-14,19H,4-10,15-16,22H2,1-3H3;1H. The van der Waals surface area contributed by atoms with Crippen LogP contribution in [0.25, 0.3) is 0 Å². The van der Waals surface area contributed by atoms with Gasteiger partial charge in [0.25, 0.3) is 0 Å². The summed E-state index contributed by atoms with van der Waals surface area (Å²) in [7, 11) is 0. The zero-order chi connectivity index (χ0) is 17.6. The fourth-order valence-electron chi connectivity index (χ4n) is 3.53. The molecule has 0 spiro atoms. The van der Waals surface area contributed by atoms with Crippen LogP contribution in [0.2, 0.25) is 0 Å². The SMILES string of the molecule is CC(C)(C)c1ccc(C2CCCN2C(=O)CCCCCCN)cc1.Cl. The molecular formula is C21H35ClN2O. The number of likely N-dealkylation sites (tertiary alicyclic amines) is 1. The number of halogens is 1. The van der Waals surface area contributed by atoms with Gasteiger partial charge in [0.2, 0.25) is 5.91 Å². The Kier molecular flexibility index (Phi) is 8.95. The molecule has 0 aromatic heterocycles. The third kappa shape index (κ3) is 6.31. The minimum Gasteiger partial charge on any atom is -0.336 e. The summed E-state index contributed by atoms with van der Waals surface area (Å²) in [6, 6.07) is 9.16. The van der Waals surface area contributed by atoms with Gasteiger partial charge in [-0.2, -0.15) is 0 Å². The van der Waals surface area contributed by atoms with E-state index in [4.69, 9.17) is 5.73 Å². The van der Waals surface area contributed by atoms with E-state index in [9.17, 15) is 4.79 Å². The number of benzene rings is 1. The lowest BCUT2D eigenvalue weighted by Crippen LogP contribution is -2.30. The van der Waals surface area contributed by atoms with Crippen LogP contribution in [0.4, 0.5) is 0 Å². The van der Waals surface area contributed by atoms with Crippen molar-refractivity contribution in [2.24, 2.45) is 5.73 Å². The predicted molar refractivity (Wildman–Crippen MR) is 108 cm³/mol. The molecule has 0 bridgehead atoms. The molecule has 2 rings (SSSR count). The van der Waals surface area contributed by atoms with Crippen molar-refractivity contribution in [3.63, 3.8) is 0 Å². The largest absolute Gasteiger partial charge is 0.336 e. The molecule has 1 aromatic rings. The number of nitrogens with two attached hydrogens (primary N) is 1. The van der Waals surface area contributed by atoms with E-state index in [1.807, 2.05) is 0 Å². The summed E-state index contributed by atoms with van der Waals surface area (Å²) in [6.45, 7) is 8.37. The molecular weight excluding hydrogens is 332 g/mol. The molecule has 1 aliphatic rings. The summed E-state index contributed by atoms with van der Waals surface area (Å²) in [5.41, 5.74) is 8.33. The lowest BCUT2D eigenvalue weighted by molar-refractivity contribution is -0.132. The lowest BCUT2D eigenvalue weighted by Gasteiger charge is -2.26. The highest BCUT2D eigenvalue weighted by molar-refractivity contribution is 5.85. The molecule has 2 N–H and O–H groups in total. The zero-order valence-electron chi connectivity index (χ0n) is 16.1. The molecule has 0 saturated carbocycles. The van der Waals surface area contributed by atoms with E-state index in [1.165, 1.54) is 11.1 Å². The Balaban J connectivity index is 0.00000312. The van der Waals surface area contributed by atoms with Crippen LogP contribution in [-0.4, -0.2) is 23.9 Å². The van der Waals surface area contributed by atoms with Crippen LogP contribution in [0.3, 0.4) is 0 Å². The molecule has 0 radical (unpaired) electrons. The van der Waals surface area contributed by atoms with Crippen molar-refractivity contribution in [2.45, 2.75) is 77.2 Å². The Morgan fingerprint density at radius 3 is 2.36 bits per heavy atom. The first kappa shape index (κ1) is 22.0. The number of carbonyl (C=O) groups excluding carboxylic acids is 1. The normalized spacial score (nSPS) is 17.4. The van der Waals surface area contributed by atoms with Crippen molar-refractivity contribution in [3.05, 3.63) is 35.4 Å². The molecule has 1 unspecified atom stereocenters. The highest BCUT2D eigenvalue weighted by Crippen LogP contribution is 2.34. The molecule has 25 heavy (non-hydrogen) atoms. The van der Waals surface area contributed by atoms with Gasteiger partial charge in [-0.15, -0.1) is 12.4 Å². The second-order valence-electron chi connectivity index (χ2n) is 8.07. The van der Waals surface area contributed by atoms with Crippen molar-refractivity contribution in [2.75, 3.05) is 13.1 Å². The highest BCUT2D eigenvalue weighted by atomic mass is 35.5. The van der Waals surface area contributed by atoms with Crippen LogP contribution in [0, 0.1) is 0 Å². The smallest absolute Gasteiger partial charge is 0.223 e. The number of unbranched alkanes of at least 4 members (excludes halogenated alkanes) is 3. The van der Waals surface area contributed by atoms with Crippen molar-refractivity contribution in [1.82, 2.24) is 4.90 Å². The molecule has 1 aromatic carbocycles. The Morgan fingerprint density at radius 1 is 1.12 bits per heavy atom. The van der Waals surface area contributed by atoms with Crippen LogP contribution in [0.15, 0.2) is 24.3 Å². The van der Waals surface area contributed by atoms with Crippen LogP contribution < -0.4 is 5.73 Å². The van der Waals surface area contributed by atoms with Gasteiger partial charge in [0.1, 0.15) is 0 Å². The van der Waals surface area contributed by atoms with Gasteiger partial charge in [0.05, 0.1) is 6.04 Å². The first-order chi connectivity index (χ1) is 11.4. The number of carbonyl (C=O) groups is 1. The maximum absolute atomic E-state index is 12.6. The Labute approximate surface area is 159 Å². The molecule has 1 fully saturated rings. The lowest BCUT2D eigenvalue weighted by atomic mass is 9.86. The number of rotatable bonds is 7. The van der Waals surface area contributed by atoms with Crippen molar-refractivity contribution >= 4 is 18.3 Å². The third-order valence-electron chi connectivity index (χ3n) is 5.08. The van der Waals surface area contributed by atoms with Gasteiger partial charge in [-0.25, -0.2) is 0 Å². The Bertz CT molecular complexity index is 522. The molecule has 1 heterocycles. The topological polar surface area (TPSA) is 46.3 Å². The molecule has 1 amide bonds. The summed E-state index contributed by atoms with van der Waals surface area (Å²) < 4.78 is 0. The Hall–Kier alpha value is -1.06. The molecule has 1 aliphatic heterocycles. The average Bonchev–Trinajstić information content (AvgIpc) is 3.03. The fraction of sp³-hybridized carbons (Fsp3) is 0.667. The van der Waals surface area contributed by atoms with Crippen LogP contribution in [0.5, 0.6) is 0 Å². The maximum Gasteiger partial charge on any atom is 0.223 e. The Morgan fingerprint density at radius 2 is 1.76 bits per heavy atom. The van der Waals surface area contributed by atoms with Crippen molar-refractivity contribution in [1.29, 1.82) is 0 Å². The summed E-state index contributed by atoms with van der Waals surface area (Å²) in [5, 5.41) is 0. The quantitative estimate of drug-likeness (QED) is 0.692. The summed E-state index contributed by atoms with van der Waals surface area (Å²) in [5.74, 6) is 0.324. The van der Waals surface area contributed by atoms with E-state index in [2.05, 4.69) is 49.9 Å². The highest BCUT2D eigenvalue weighted by Gasteiger charge is 2.29. The molecule has 4 heteroatoms. The predicted octanol–water partition coefficient (Wildman–Crippen LogP) is 4.98. The molecule has 0 aliphatic carbocycles. The first-order valence-corrected chi connectivity index (χ1v) is 9.53. The van der Waals surface area contributed by atoms with Gasteiger partial charge in [0.15, 0.2) is 0 Å². The van der Waals surface area contributed by atoms with E-state index in [0.717, 1.165) is 51.6 Å². The first-order valence-electron chi connectivity index (χ1n) is 9.53. The minimum absolute atomic E-state index is 0. The number of nitrogens with zero attached hydrogens (tertiary/aromatic N) is 1. The third-order valence-corrected chi connectivity index (χ3v) is 5.08. The summed E-state index contributed by atoms with van der Waals surface area (Å²) in [6.07, 6.45) is 7.20. The van der Waals surface area contributed by atoms with E-state index in [0.29, 0.717) is 12.3 Å². The van der Waals surface area contributed by atoms with Gasteiger partial charge < -0.3 is 10.6 Å². The number of amides is 1. The minimum atomic E-state index is 0. The second-order valence-corrected chi connectivity index (χ2v) is 8.07. The van der Waals surface area contributed by atoms with Gasteiger partial charge in [0, 0.05) is 13.0 Å².